The molecule has 0 aliphatic heterocycles. The van der Waals surface area contributed by atoms with Crippen LogP contribution in [0.3, 0.4) is 0 Å². The molecule has 140 valence electrons. The predicted octanol–water partition coefficient (Wildman–Crippen LogP) is 4.28. The molecule has 0 saturated heterocycles. The monoisotopic (exact) mass is 378 g/mol. The topological polar surface area (TPSA) is 88.5 Å². The van der Waals surface area contributed by atoms with Crippen molar-refractivity contribution in [1.82, 2.24) is 4.98 Å². The molecule has 0 bridgehead atoms. The van der Waals surface area contributed by atoms with E-state index in [1.165, 1.54) is 0 Å². The quantitative estimate of drug-likeness (QED) is 0.707. The Morgan fingerprint density at radius 2 is 1.68 bits per heavy atom. The number of halogens is 1. The maximum Gasteiger partial charge on any atom is 0.412 e. The summed E-state index contributed by atoms with van der Waals surface area (Å²) in [4.78, 5) is 26.5. The van der Waals surface area contributed by atoms with Crippen molar-refractivity contribution in [2.24, 2.45) is 0 Å². The standard InChI is InChI=1S/C21H15FN2O4/c22-18-9-12(20(25)26)10-23-19(18)24-21(27)28-11-17-15-7-3-1-5-13(15)14-6-2-4-8-16(14)17/h1-10,17H,11H2,(H,25,26)(H,23,24,27). The molecule has 1 amide bonds. The van der Waals surface area contributed by atoms with Gasteiger partial charge in [-0.15, -0.1) is 0 Å². The first-order chi connectivity index (χ1) is 13.5. The number of carbonyl (C=O) groups is 2. The van der Waals surface area contributed by atoms with Crippen LogP contribution in [-0.2, 0) is 4.74 Å². The van der Waals surface area contributed by atoms with E-state index >= 15 is 0 Å². The second-order valence-electron chi connectivity index (χ2n) is 6.31. The molecular weight excluding hydrogens is 363 g/mol. The highest BCUT2D eigenvalue weighted by Gasteiger charge is 2.29. The number of carboxylic acids is 1. The van der Waals surface area contributed by atoms with Crippen molar-refractivity contribution in [2.45, 2.75) is 5.92 Å². The van der Waals surface area contributed by atoms with Crippen LogP contribution in [0.2, 0.25) is 0 Å². The molecule has 7 heteroatoms. The number of carboxylic acid groups (broad SMARTS) is 1. The van der Waals surface area contributed by atoms with Crippen LogP contribution in [0, 0.1) is 5.82 Å². The molecule has 3 aromatic rings. The number of aromatic nitrogens is 1. The number of ether oxygens (including phenoxy) is 1. The van der Waals surface area contributed by atoms with Gasteiger partial charge in [0, 0.05) is 12.1 Å². The number of carbonyl (C=O) groups excluding carboxylic acids is 1. The van der Waals surface area contributed by atoms with Crippen LogP contribution in [0.25, 0.3) is 11.1 Å². The lowest BCUT2D eigenvalue weighted by Gasteiger charge is -2.14. The molecule has 2 aromatic carbocycles. The minimum Gasteiger partial charge on any atom is -0.478 e. The molecule has 1 aliphatic carbocycles. The second-order valence-corrected chi connectivity index (χ2v) is 6.31. The Bertz CT molecular complexity index is 1040. The van der Waals surface area contributed by atoms with Crippen LogP contribution in [0.5, 0.6) is 0 Å². The van der Waals surface area contributed by atoms with Gasteiger partial charge in [0.25, 0.3) is 0 Å². The Hall–Kier alpha value is -3.74. The fraction of sp³-hybridized carbons (Fsp3) is 0.0952. The molecule has 0 spiro atoms. The molecule has 1 heterocycles. The van der Waals surface area contributed by atoms with E-state index < -0.39 is 17.9 Å². The fourth-order valence-corrected chi connectivity index (χ4v) is 3.38. The maximum atomic E-state index is 13.9. The molecule has 0 atom stereocenters. The number of aromatic carboxylic acids is 1. The minimum absolute atomic E-state index is 0.0781. The Morgan fingerprint density at radius 1 is 1.07 bits per heavy atom. The Morgan fingerprint density at radius 3 is 2.25 bits per heavy atom. The molecule has 0 unspecified atom stereocenters. The zero-order chi connectivity index (χ0) is 19.7. The van der Waals surface area contributed by atoms with Gasteiger partial charge in [-0.2, -0.15) is 0 Å². The number of nitrogens with one attached hydrogen (secondary N) is 1. The van der Waals surface area contributed by atoms with Crippen molar-refractivity contribution < 1.29 is 23.8 Å². The summed E-state index contributed by atoms with van der Waals surface area (Å²) in [7, 11) is 0. The zero-order valence-electron chi connectivity index (χ0n) is 14.6. The SMILES string of the molecule is O=C(Nc1ncc(C(=O)O)cc1F)OCC1c2ccccc2-c2ccccc21. The van der Waals surface area contributed by atoms with Gasteiger partial charge in [-0.05, 0) is 28.3 Å². The summed E-state index contributed by atoms with van der Waals surface area (Å²) < 4.78 is 19.2. The normalized spacial score (nSPS) is 12.2. The lowest BCUT2D eigenvalue weighted by Crippen LogP contribution is -2.19. The molecule has 0 radical (unpaired) electrons. The van der Waals surface area contributed by atoms with Gasteiger partial charge in [-0.1, -0.05) is 48.5 Å². The summed E-state index contributed by atoms with van der Waals surface area (Å²) in [6, 6.07) is 16.6. The molecular formula is C21H15FN2O4. The lowest BCUT2D eigenvalue weighted by atomic mass is 9.98. The van der Waals surface area contributed by atoms with E-state index in [2.05, 4.69) is 10.3 Å². The average molecular weight is 378 g/mol. The number of nitrogens with zero attached hydrogens (tertiary/aromatic N) is 1. The van der Waals surface area contributed by atoms with Gasteiger partial charge < -0.3 is 9.84 Å². The van der Waals surface area contributed by atoms with Crippen molar-refractivity contribution in [3.63, 3.8) is 0 Å². The van der Waals surface area contributed by atoms with Crippen molar-refractivity contribution in [1.29, 1.82) is 0 Å². The molecule has 1 aromatic heterocycles. The number of hydrogen-bond acceptors (Lipinski definition) is 4. The number of rotatable bonds is 4. The average Bonchev–Trinajstić information content (AvgIpc) is 3.02. The summed E-state index contributed by atoms with van der Waals surface area (Å²) >= 11 is 0. The molecule has 2 N–H and O–H groups in total. The van der Waals surface area contributed by atoms with Gasteiger partial charge in [0.15, 0.2) is 11.6 Å². The number of anilines is 1. The number of fused-ring (bicyclic) bond motifs is 3. The molecule has 0 saturated carbocycles. The molecule has 1 aliphatic rings. The highest BCUT2D eigenvalue weighted by molar-refractivity contribution is 5.88. The Kier molecular flexibility index (Phi) is 4.49. The van der Waals surface area contributed by atoms with Gasteiger partial charge in [0.2, 0.25) is 0 Å². The van der Waals surface area contributed by atoms with E-state index in [-0.39, 0.29) is 23.9 Å². The Labute approximate surface area is 159 Å². The first-order valence-corrected chi connectivity index (χ1v) is 8.55. The number of pyridine rings is 1. The van der Waals surface area contributed by atoms with Crippen LogP contribution >= 0.6 is 0 Å². The number of hydrogen-bond donors (Lipinski definition) is 2. The van der Waals surface area contributed by atoms with Gasteiger partial charge in [0.05, 0.1) is 5.56 Å². The minimum atomic E-state index is -1.31. The number of benzene rings is 2. The van der Waals surface area contributed by atoms with Crippen LogP contribution in [-0.4, -0.2) is 28.8 Å². The summed E-state index contributed by atoms with van der Waals surface area (Å²) in [5.74, 6) is -2.76. The lowest BCUT2D eigenvalue weighted by molar-refractivity contribution is 0.0696. The number of amides is 1. The summed E-state index contributed by atoms with van der Waals surface area (Å²) in [5.41, 5.74) is 4.02. The van der Waals surface area contributed by atoms with E-state index in [0.717, 1.165) is 34.5 Å². The summed E-state index contributed by atoms with van der Waals surface area (Å²) in [6.45, 7) is 0.0781. The molecule has 0 fully saturated rings. The van der Waals surface area contributed by atoms with E-state index in [9.17, 15) is 14.0 Å². The smallest absolute Gasteiger partial charge is 0.412 e. The third kappa shape index (κ3) is 3.18. The van der Waals surface area contributed by atoms with Crippen molar-refractivity contribution in [3.05, 3.63) is 83.3 Å². The van der Waals surface area contributed by atoms with E-state index in [1.54, 1.807) is 0 Å². The second kappa shape index (κ2) is 7.11. The maximum absolute atomic E-state index is 13.9. The molecule has 28 heavy (non-hydrogen) atoms. The fourth-order valence-electron chi connectivity index (χ4n) is 3.38. The van der Waals surface area contributed by atoms with Gasteiger partial charge in [-0.3, -0.25) is 5.32 Å². The van der Waals surface area contributed by atoms with E-state index in [0.29, 0.717) is 0 Å². The van der Waals surface area contributed by atoms with Crippen LogP contribution in [0.1, 0.15) is 27.4 Å². The van der Waals surface area contributed by atoms with Gasteiger partial charge >= 0.3 is 12.1 Å². The van der Waals surface area contributed by atoms with E-state index in [1.807, 2.05) is 48.5 Å². The van der Waals surface area contributed by atoms with Gasteiger partial charge in [0.1, 0.15) is 6.61 Å². The van der Waals surface area contributed by atoms with Crippen molar-refractivity contribution in [2.75, 3.05) is 11.9 Å². The highest BCUT2D eigenvalue weighted by Crippen LogP contribution is 2.44. The summed E-state index contributed by atoms with van der Waals surface area (Å²) in [6.07, 6.45) is 0.0983. The van der Waals surface area contributed by atoms with Gasteiger partial charge in [-0.25, -0.2) is 19.0 Å². The van der Waals surface area contributed by atoms with Crippen LogP contribution in [0.4, 0.5) is 15.0 Å². The largest absolute Gasteiger partial charge is 0.478 e. The first-order valence-electron chi connectivity index (χ1n) is 8.55. The first kappa shape index (κ1) is 17.7. The molecule has 6 nitrogen and oxygen atoms in total. The third-order valence-corrected chi connectivity index (χ3v) is 4.65. The van der Waals surface area contributed by atoms with Crippen molar-refractivity contribution in [3.8, 4) is 11.1 Å². The van der Waals surface area contributed by atoms with E-state index in [4.69, 9.17) is 9.84 Å². The zero-order valence-corrected chi connectivity index (χ0v) is 14.6. The highest BCUT2D eigenvalue weighted by atomic mass is 19.1. The third-order valence-electron chi connectivity index (χ3n) is 4.65. The van der Waals surface area contributed by atoms with Crippen LogP contribution in [0.15, 0.2) is 60.8 Å². The van der Waals surface area contributed by atoms with Crippen LogP contribution < -0.4 is 5.32 Å². The Balaban J connectivity index is 1.48. The summed E-state index contributed by atoms with van der Waals surface area (Å²) in [5, 5.41) is 11.0. The predicted molar refractivity (Wildman–Crippen MR) is 99.8 cm³/mol. The van der Waals surface area contributed by atoms with Crippen molar-refractivity contribution >= 4 is 17.9 Å². The molecule has 4 rings (SSSR count).